The number of sulfonamides is 1. The average molecular weight is 295 g/mol. The molecule has 6 nitrogen and oxygen atoms in total. The zero-order valence-corrected chi connectivity index (χ0v) is 11.3. The molecule has 102 valence electrons. The number of halogens is 1. The number of methoxy groups -OCH3 is 1. The summed E-state index contributed by atoms with van der Waals surface area (Å²) in [6.07, 6.45) is 0. The maximum atomic E-state index is 12.1. The van der Waals surface area contributed by atoms with Crippen LogP contribution in [0.25, 0.3) is 0 Å². The van der Waals surface area contributed by atoms with Gasteiger partial charge in [-0.05, 0) is 12.1 Å². The van der Waals surface area contributed by atoms with E-state index >= 15 is 0 Å². The van der Waals surface area contributed by atoms with Crippen molar-refractivity contribution in [3.63, 3.8) is 0 Å². The van der Waals surface area contributed by atoms with Crippen LogP contribution in [0.3, 0.4) is 0 Å². The number of nitrogens with two attached hydrogens (primary N) is 1. The van der Waals surface area contributed by atoms with Crippen LogP contribution in [0, 0.1) is 0 Å². The molecule has 1 aromatic carbocycles. The summed E-state index contributed by atoms with van der Waals surface area (Å²) in [6, 6.07) is 3.66. The Bertz CT molecular complexity index is 486. The van der Waals surface area contributed by atoms with Gasteiger partial charge in [0.25, 0.3) is 0 Å². The molecular weight excluding hydrogens is 280 g/mol. The molecule has 1 rings (SSSR count). The van der Waals surface area contributed by atoms with Gasteiger partial charge in [-0.3, -0.25) is 0 Å². The molecule has 0 aliphatic carbocycles. The molecule has 0 bridgehead atoms. The van der Waals surface area contributed by atoms with Gasteiger partial charge in [0.05, 0.1) is 30.0 Å². The van der Waals surface area contributed by atoms with Crippen molar-refractivity contribution in [3.8, 4) is 0 Å². The molecule has 0 amide bonds. The second-order valence-corrected chi connectivity index (χ2v) is 5.67. The number of aliphatic hydroxyl groups excluding tert-OH is 1. The highest BCUT2D eigenvalue weighted by Gasteiger charge is 2.24. The SMILES string of the molecule is COCC(CO)NS(=O)(=O)c1c(N)cccc1Cl. The fourth-order valence-corrected chi connectivity index (χ4v) is 3.30. The summed E-state index contributed by atoms with van der Waals surface area (Å²) in [4.78, 5) is -0.193. The molecule has 0 fully saturated rings. The Morgan fingerprint density at radius 1 is 1.56 bits per heavy atom. The van der Waals surface area contributed by atoms with Crippen molar-refractivity contribution < 1.29 is 18.3 Å². The van der Waals surface area contributed by atoms with E-state index in [0.717, 1.165) is 0 Å². The monoisotopic (exact) mass is 294 g/mol. The van der Waals surface area contributed by atoms with Gasteiger partial charge in [0, 0.05) is 7.11 Å². The molecule has 0 aliphatic rings. The normalized spacial score (nSPS) is 13.5. The molecule has 0 spiro atoms. The highest BCUT2D eigenvalue weighted by atomic mass is 35.5. The molecule has 4 N–H and O–H groups in total. The van der Waals surface area contributed by atoms with Gasteiger partial charge in [0.15, 0.2) is 0 Å². The largest absolute Gasteiger partial charge is 0.398 e. The fraction of sp³-hybridized carbons (Fsp3) is 0.400. The third-order valence-corrected chi connectivity index (χ3v) is 4.24. The van der Waals surface area contributed by atoms with Crippen LogP contribution in [-0.2, 0) is 14.8 Å². The third kappa shape index (κ3) is 3.56. The first kappa shape index (κ1) is 15.2. The van der Waals surface area contributed by atoms with Crippen molar-refractivity contribution >= 4 is 27.3 Å². The number of anilines is 1. The maximum Gasteiger partial charge on any atom is 0.244 e. The minimum Gasteiger partial charge on any atom is -0.398 e. The van der Waals surface area contributed by atoms with Crippen molar-refractivity contribution in [1.29, 1.82) is 0 Å². The van der Waals surface area contributed by atoms with Gasteiger partial charge >= 0.3 is 0 Å². The van der Waals surface area contributed by atoms with Gasteiger partial charge in [-0.1, -0.05) is 17.7 Å². The van der Waals surface area contributed by atoms with Crippen molar-refractivity contribution in [1.82, 2.24) is 4.72 Å². The number of hydrogen-bond acceptors (Lipinski definition) is 5. The molecular formula is C10H15ClN2O4S. The first-order valence-electron chi connectivity index (χ1n) is 5.08. The van der Waals surface area contributed by atoms with E-state index in [9.17, 15) is 8.42 Å². The Labute approximate surface area is 111 Å². The van der Waals surface area contributed by atoms with Crippen molar-refractivity contribution in [3.05, 3.63) is 23.2 Å². The molecule has 0 saturated carbocycles. The van der Waals surface area contributed by atoms with E-state index in [2.05, 4.69) is 4.72 Å². The molecule has 1 aromatic rings. The summed E-state index contributed by atoms with van der Waals surface area (Å²) >= 11 is 5.82. The topological polar surface area (TPSA) is 102 Å². The highest BCUT2D eigenvalue weighted by Crippen LogP contribution is 2.26. The van der Waals surface area contributed by atoms with Gasteiger partial charge in [0.1, 0.15) is 4.90 Å². The molecule has 0 aromatic heterocycles. The van der Waals surface area contributed by atoms with Crippen molar-refractivity contribution in [2.75, 3.05) is 26.1 Å². The maximum absolute atomic E-state index is 12.1. The number of nitrogens with one attached hydrogen (secondary N) is 1. The van der Waals surface area contributed by atoms with E-state index in [0.29, 0.717) is 0 Å². The van der Waals surface area contributed by atoms with E-state index in [-0.39, 0.29) is 22.2 Å². The molecule has 0 saturated heterocycles. The van der Waals surface area contributed by atoms with Crippen LogP contribution in [0.15, 0.2) is 23.1 Å². The summed E-state index contributed by atoms with van der Waals surface area (Å²) in [6.45, 7) is -0.350. The van der Waals surface area contributed by atoms with Crippen molar-refractivity contribution in [2.45, 2.75) is 10.9 Å². The van der Waals surface area contributed by atoms with Crippen LogP contribution in [0.1, 0.15) is 0 Å². The van der Waals surface area contributed by atoms with Crippen LogP contribution >= 0.6 is 11.6 Å². The third-order valence-electron chi connectivity index (χ3n) is 2.18. The smallest absolute Gasteiger partial charge is 0.244 e. The minimum atomic E-state index is -3.90. The van der Waals surface area contributed by atoms with Crippen LogP contribution in [0.4, 0.5) is 5.69 Å². The Kier molecular flexibility index (Phi) is 5.36. The quantitative estimate of drug-likeness (QED) is 0.651. The van der Waals surface area contributed by atoms with Gasteiger partial charge in [-0.2, -0.15) is 0 Å². The predicted molar refractivity (Wildman–Crippen MR) is 68.9 cm³/mol. The van der Waals surface area contributed by atoms with E-state index in [1.807, 2.05) is 0 Å². The summed E-state index contributed by atoms with van der Waals surface area (Å²) < 4.78 is 31.2. The summed E-state index contributed by atoms with van der Waals surface area (Å²) in [5, 5.41) is 9.06. The number of hydrogen-bond donors (Lipinski definition) is 3. The zero-order valence-electron chi connectivity index (χ0n) is 9.76. The first-order chi connectivity index (χ1) is 8.42. The Morgan fingerprint density at radius 2 is 2.22 bits per heavy atom. The Hall–Kier alpha value is -0.860. The Balaban J connectivity index is 3.06. The van der Waals surface area contributed by atoms with E-state index in [4.69, 9.17) is 27.2 Å². The fourth-order valence-electron chi connectivity index (χ4n) is 1.41. The lowest BCUT2D eigenvalue weighted by molar-refractivity contribution is 0.139. The zero-order chi connectivity index (χ0) is 13.8. The minimum absolute atomic E-state index is 0.0246. The second kappa shape index (κ2) is 6.35. The standard InChI is InChI=1S/C10H15ClN2O4S/c1-17-6-7(5-14)13-18(15,16)10-8(11)3-2-4-9(10)12/h2-4,7,13-14H,5-6,12H2,1H3. The highest BCUT2D eigenvalue weighted by molar-refractivity contribution is 7.89. The number of ether oxygens (including phenoxy) is 1. The summed E-state index contributed by atoms with van der Waals surface area (Å²) in [5.41, 5.74) is 5.65. The van der Waals surface area contributed by atoms with E-state index in [1.165, 1.54) is 19.2 Å². The summed E-state index contributed by atoms with van der Waals surface area (Å²) in [5.74, 6) is 0. The van der Waals surface area contributed by atoms with Crippen LogP contribution < -0.4 is 10.5 Å². The molecule has 0 heterocycles. The van der Waals surface area contributed by atoms with Gasteiger partial charge < -0.3 is 15.6 Å². The molecule has 18 heavy (non-hydrogen) atoms. The number of benzene rings is 1. The first-order valence-corrected chi connectivity index (χ1v) is 6.94. The molecule has 0 radical (unpaired) electrons. The van der Waals surface area contributed by atoms with E-state index in [1.54, 1.807) is 6.07 Å². The predicted octanol–water partition coefficient (Wildman–Crippen LogP) is 0.208. The van der Waals surface area contributed by atoms with Crippen LogP contribution in [0.2, 0.25) is 5.02 Å². The lowest BCUT2D eigenvalue weighted by Gasteiger charge is -2.17. The average Bonchev–Trinajstić information content (AvgIpc) is 2.27. The van der Waals surface area contributed by atoms with Crippen LogP contribution in [-0.4, -0.2) is 39.9 Å². The van der Waals surface area contributed by atoms with Crippen molar-refractivity contribution in [2.24, 2.45) is 0 Å². The lowest BCUT2D eigenvalue weighted by Crippen LogP contribution is -2.40. The number of nitrogen functional groups attached to an aromatic ring is 1. The van der Waals surface area contributed by atoms with Gasteiger partial charge in [0.2, 0.25) is 10.0 Å². The molecule has 1 unspecified atom stereocenters. The van der Waals surface area contributed by atoms with Crippen LogP contribution in [0.5, 0.6) is 0 Å². The van der Waals surface area contributed by atoms with Gasteiger partial charge in [-0.25, -0.2) is 13.1 Å². The lowest BCUT2D eigenvalue weighted by atomic mass is 10.3. The number of aliphatic hydroxyl groups is 1. The Morgan fingerprint density at radius 3 is 2.72 bits per heavy atom. The summed E-state index contributed by atoms with van der Waals surface area (Å²) in [7, 11) is -2.50. The van der Waals surface area contributed by atoms with Gasteiger partial charge in [-0.15, -0.1) is 0 Å². The number of rotatable bonds is 6. The second-order valence-electron chi connectivity index (χ2n) is 3.61. The molecule has 8 heteroatoms. The molecule has 1 atom stereocenters. The van der Waals surface area contributed by atoms with E-state index < -0.39 is 22.7 Å². The molecule has 0 aliphatic heterocycles.